The highest BCUT2D eigenvalue weighted by molar-refractivity contribution is 6.31. The van der Waals surface area contributed by atoms with Gasteiger partial charge >= 0.3 is 5.97 Å². The fraction of sp³-hybridized carbons (Fsp3) is 0.435. The van der Waals surface area contributed by atoms with E-state index in [1.54, 1.807) is 12.1 Å². The molecule has 2 atom stereocenters. The molecule has 29 heavy (non-hydrogen) atoms. The quantitative estimate of drug-likeness (QED) is 0.758. The van der Waals surface area contributed by atoms with Gasteiger partial charge in [-0.3, -0.25) is 4.79 Å². The molecule has 2 aliphatic rings. The predicted octanol–water partition coefficient (Wildman–Crippen LogP) is 4.37. The minimum absolute atomic E-state index is 0.0948. The van der Waals surface area contributed by atoms with Crippen molar-refractivity contribution < 1.29 is 19.7 Å². The van der Waals surface area contributed by atoms with Crippen LogP contribution in [0.5, 0.6) is 5.75 Å². The summed E-state index contributed by atoms with van der Waals surface area (Å²) in [5.41, 5.74) is 2.96. The van der Waals surface area contributed by atoms with Gasteiger partial charge in [0.1, 0.15) is 5.75 Å². The van der Waals surface area contributed by atoms with E-state index in [1.165, 1.54) is 17.2 Å². The predicted molar refractivity (Wildman–Crippen MR) is 111 cm³/mol. The molecule has 1 spiro atoms. The third-order valence-corrected chi connectivity index (χ3v) is 6.65. The lowest BCUT2D eigenvalue weighted by Gasteiger charge is -2.40. The first-order valence-electron chi connectivity index (χ1n) is 10.1. The van der Waals surface area contributed by atoms with Crippen LogP contribution in [-0.4, -0.2) is 40.7 Å². The lowest BCUT2D eigenvalue weighted by Crippen LogP contribution is -2.45. The van der Waals surface area contributed by atoms with Gasteiger partial charge in [0.15, 0.2) is 0 Å². The van der Waals surface area contributed by atoms with Crippen LogP contribution in [0.25, 0.3) is 0 Å². The van der Waals surface area contributed by atoms with Gasteiger partial charge in [-0.2, -0.15) is 0 Å². The summed E-state index contributed by atoms with van der Waals surface area (Å²) in [5, 5.41) is 19.9. The monoisotopic (exact) mass is 415 g/mol. The number of benzene rings is 2. The van der Waals surface area contributed by atoms with Crippen LogP contribution in [0.15, 0.2) is 42.5 Å². The fourth-order valence-electron chi connectivity index (χ4n) is 4.74. The standard InChI is InChI=1S/C23H26ClNO4/c1-15-19-4-2-3-5-20(19)23(29-15)8-10-25(11-9-23)14-17(22(27)28)12-16-13-18(26)6-7-21(16)24/h2-7,13,15,17,26H,8-12,14H2,1H3,(H,27,28). The van der Waals surface area contributed by atoms with Crippen molar-refractivity contribution in [2.24, 2.45) is 5.92 Å². The first-order chi connectivity index (χ1) is 13.9. The number of rotatable bonds is 5. The van der Waals surface area contributed by atoms with Gasteiger partial charge in [-0.25, -0.2) is 0 Å². The zero-order valence-electron chi connectivity index (χ0n) is 16.5. The van der Waals surface area contributed by atoms with E-state index in [1.807, 2.05) is 0 Å². The van der Waals surface area contributed by atoms with Crippen LogP contribution in [0.3, 0.4) is 0 Å². The maximum Gasteiger partial charge on any atom is 0.308 e. The molecule has 2 heterocycles. The second-order valence-corrected chi connectivity index (χ2v) is 8.56. The Hall–Kier alpha value is -2.08. The third-order valence-electron chi connectivity index (χ3n) is 6.28. The van der Waals surface area contributed by atoms with E-state index in [0.717, 1.165) is 25.9 Å². The molecule has 1 fully saturated rings. The Bertz CT molecular complexity index is 908. The highest BCUT2D eigenvalue weighted by Crippen LogP contribution is 2.49. The smallest absolute Gasteiger partial charge is 0.308 e. The third kappa shape index (κ3) is 4.00. The van der Waals surface area contributed by atoms with Crippen LogP contribution in [0.1, 0.15) is 42.6 Å². The van der Waals surface area contributed by atoms with E-state index in [9.17, 15) is 15.0 Å². The number of phenols is 1. The number of carboxylic acids is 1. The van der Waals surface area contributed by atoms with Crippen molar-refractivity contribution in [3.05, 3.63) is 64.2 Å². The van der Waals surface area contributed by atoms with E-state index < -0.39 is 11.9 Å². The number of aromatic hydroxyl groups is 1. The Morgan fingerprint density at radius 2 is 2.00 bits per heavy atom. The summed E-state index contributed by atoms with van der Waals surface area (Å²) in [6.07, 6.45) is 2.10. The van der Waals surface area contributed by atoms with Gasteiger partial charge in [-0.05, 0) is 61.1 Å². The number of hydrogen-bond acceptors (Lipinski definition) is 4. The molecular weight excluding hydrogens is 390 g/mol. The zero-order chi connectivity index (χ0) is 20.6. The molecule has 2 aliphatic heterocycles. The molecule has 0 aromatic heterocycles. The Kier molecular flexibility index (Phi) is 5.56. The molecule has 0 saturated carbocycles. The van der Waals surface area contributed by atoms with Crippen molar-refractivity contribution in [1.82, 2.24) is 4.90 Å². The molecule has 0 aliphatic carbocycles. The van der Waals surface area contributed by atoms with Crippen molar-refractivity contribution in [2.75, 3.05) is 19.6 Å². The molecule has 0 radical (unpaired) electrons. The SMILES string of the molecule is CC1OC2(CCN(CC(Cc3cc(O)ccc3Cl)C(=O)O)CC2)c2ccccc21. The van der Waals surface area contributed by atoms with E-state index >= 15 is 0 Å². The second kappa shape index (κ2) is 7.98. The van der Waals surface area contributed by atoms with Crippen LogP contribution in [0, 0.1) is 5.92 Å². The normalized spacial score (nSPS) is 21.8. The summed E-state index contributed by atoms with van der Waals surface area (Å²) >= 11 is 6.20. The van der Waals surface area contributed by atoms with Gasteiger partial charge in [-0.1, -0.05) is 35.9 Å². The highest BCUT2D eigenvalue weighted by atomic mass is 35.5. The molecule has 154 valence electrons. The van der Waals surface area contributed by atoms with Crippen molar-refractivity contribution in [2.45, 2.75) is 37.9 Å². The number of fused-ring (bicyclic) bond motifs is 2. The van der Waals surface area contributed by atoms with E-state index in [-0.39, 0.29) is 17.5 Å². The number of phenolic OH excluding ortho intramolecular Hbond substituents is 1. The van der Waals surface area contributed by atoms with Gasteiger partial charge in [0.25, 0.3) is 0 Å². The Morgan fingerprint density at radius 1 is 1.28 bits per heavy atom. The Labute approximate surface area is 175 Å². The van der Waals surface area contributed by atoms with Gasteiger partial charge in [-0.15, -0.1) is 0 Å². The summed E-state index contributed by atoms with van der Waals surface area (Å²) in [4.78, 5) is 14.1. The summed E-state index contributed by atoms with van der Waals surface area (Å²) < 4.78 is 6.40. The van der Waals surface area contributed by atoms with Gasteiger partial charge < -0.3 is 19.8 Å². The number of likely N-dealkylation sites (tertiary alicyclic amines) is 1. The van der Waals surface area contributed by atoms with Crippen molar-refractivity contribution >= 4 is 17.6 Å². The Morgan fingerprint density at radius 3 is 2.72 bits per heavy atom. The van der Waals surface area contributed by atoms with E-state index in [2.05, 4.69) is 36.1 Å². The molecule has 2 aromatic carbocycles. The summed E-state index contributed by atoms with van der Waals surface area (Å²) in [6.45, 7) is 4.13. The number of hydrogen-bond donors (Lipinski definition) is 2. The van der Waals surface area contributed by atoms with E-state index in [4.69, 9.17) is 16.3 Å². The zero-order valence-corrected chi connectivity index (χ0v) is 17.2. The number of piperidine rings is 1. The number of aliphatic carboxylic acids is 1. The Balaban J connectivity index is 1.43. The van der Waals surface area contributed by atoms with Crippen LogP contribution < -0.4 is 0 Å². The average Bonchev–Trinajstić information content (AvgIpc) is 2.98. The van der Waals surface area contributed by atoms with Crippen molar-refractivity contribution in [3.8, 4) is 5.75 Å². The molecule has 6 heteroatoms. The van der Waals surface area contributed by atoms with Crippen molar-refractivity contribution in [1.29, 1.82) is 0 Å². The average molecular weight is 416 g/mol. The summed E-state index contributed by atoms with van der Waals surface area (Å²) in [7, 11) is 0. The molecule has 0 amide bonds. The van der Waals surface area contributed by atoms with Crippen LogP contribution in [0.4, 0.5) is 0 Å². The molecule has 2 unspecified atom stereocenters. The first-order valence-corrected chi connectivity index (χ1v) is 10.5. The fourth-order valence-corrected chi connectivity index (χ4v) is 4.94. The highest BCUT2D eigenvalue weighted by Gasteiger charge is 2.45. The van der Waals surface area contributed by atoms with Gasteiger partial charge in [0.2, 0.25) is 0 Å². The van der Waals surface area contributed by atoms with Gasteiger partial charge in [0.05, 0.1) is 17.6 Å². The number of halogens is 1. The van der Waals surface area contributed by atoms with Gasteiger partial charge in [0, 0.05) is 24.7 Å². The number of nitrogens with zero attached hydrogens (tertiary/aromatic N) is 1. The molecule has 0 bridgehead atoms. The molecular formula is C23H26ClNO4. The first kappa shape index (κ1) is 20.2. The molecule has 5 nitrogen and oxygen atoms in total. The summed E-state index contributed by atoms with van der Waals surface area (Å²) in [6, 6.07) is 13.1. The minimum atomic E-state index is -0.846. The lowest BCUT2D eigenvalue weighted by molar-refractivity contribution is -0.143. The number of carbonyl (C=O) groups is 1. The van der Waals surface area contributed by atoms with Crippen LogP contribution >= 0.6 is 11.6 Å². The molecule has 1 saturated heterocycles. The van der Waals surface area contributed by atoms with Crippen LogP contribution in [0.2, 0.25) is 5.02 Å². The summed E-state index contributed by atoms with van der Waals surface area (Å²) in [5.74, 6) is -1.33. The number of ether oxygens (including phenoxy) is 1. The van der Waals surface area contributed by atoms with E-state index in [0.29, 0.717) is 23.6 Å². The van der Waals surface area contributed by atoms with Crippen LogP contribution in [-0.2, 0) is 21.6 Å². The maximum absolute atomic E-state index is 11.9. The molecule has 2 N–H and O–H groups in total. The topological polar surface area (TPSA) is 70.0 Å². The van der Waals surface area contributed by atoms with Crippen molar-refractivity contribution in [3.63, 3.8) is 0 Å². The lowest BCUT2D eigenvalue weighted by atomic mass is 9.83. The molecule has 2 aromatic rings. The number of carboxylic acid groups (broad SMARTS) is 1. The maximum atomic E-state index is 11.9. The second-order valence-electron chi connectivity index (χ2n) is 8.16. The molecule has 4 rings (SSSR count). The minimum Gasteiger partial charge on any atom is -0.508 e. The largest absolute Gasteiger partial charge is 0.508 e.